The number of aromatic nitrogens is 3. The molecule has 7 heteroatoms. The van der Waals surface area contributed by atoms with Gasteiger partial charge < -0.3 is 15.6 Å². The van der Waals surface area contributed by atoms with E-state index in [0.29, 0.717) is 35.6 Å². The second kappa shape index (κ2) is 8.43. The summed E-state index contributed by atoms with van der Waals surface area (Å²) in [5.41, 5.74) is 8.44. The third-order valence-electron chi connectivity index (χ3n) is 5.28. The van der Waals surface area contributed by atoms with Gasteiger partial charge in [-0.1, -0.05) is 24.6 Å². The third-order valence-corrected chi connectivity index (χ3v) is 5.28. The molecule has 150 valence electrons. The maximum Gasteiger partial charge on any atom is 0.224 e. The van der Waals surface area contributed by atoms with Crippen LogP contribution in [0.5, 0.6) is 0 Å². The molecule has 0 saturated heterocycles. The van der Waals surface area contributed by atoms with E-state index in [1.165, 1.54) is 6.07 Å². The topological polar surface area (TPSA) is 85.8 Å². The van der Waals surface area contributed by atoms with Crippen molar-refractivity contribution in [2.75, 3.05) is 11.1 Å². The summed E-state index contributed by atoms with van der Waals surface area (Å²) in [7, 11) is 0. The number of nitrogens with one attached hydrogen (secondary N) is 1. The molecule has 6 nitrogen and oxygen atoms in total. The average Bonchev–Trinajstić information content (AvgIpc) is 2.96. The number of aryl methyl sites for hydroxylation is 2. The number of halogens is 1. The van der Waals surface area contributed by atoms with Crippen LogP contribution in [0, 0.1) is 5.82 Å². The van der Waals surface area contributed by atoms with E-state index in [9.17, 15) is 9.18 Å². The van der Waals surface area contributed by atoms with E-state index in [0.717, 1.165) is 43.6 Å². The largest absolute Gasteiger partial charge is 0.399 e. The lowest BCUT2D eigenvalue weighted by atomic mass is 10.1. The molecule has 0 bridgehead atoms. The Balaban J connectivity index is 1.49. The Labute approximate surface area is 169 Å². The van der Waals surface area contributed by atoms with E-state index < -0.39 is 0 Å². The van der Waals surface area contributed by atoms with E-state index in [4.69, 9.17) is 5.73 Å². The van der Waals surface area contributed by atoms with Gasteiger partial charge in [0.2, 0.25) is 5.91 Å². The number of para-hydroxylation sites is 1. The number of carbonyl (C=O) groups is 1. The molecule has 0 atom stereocenters. The van der Waals surface area contributed by atoms with Crippen molar-refractivity contribution in [3.05, 3.63) is 59.7 Å². The van der Waals surface area contributed by atoms with Gasteiger partial charge in [-0.2, -0.15) is 0 Å². The number of hydrogen-bond acceptors (Lipinski definition) is 4. The molecule has 0 radical (unpaired) electrons. The van der Waals surface area contributed by atoms with E-state index in [1.54, 1.807) is 12.1 Å². The van der Waals surface area contributed by atoms with Gasteiger partial charge in [0.15, 0.2) is 5.82 Å². The Bertz CT molecular complexity index is 1030. The summed E-state index contributed by atoms with van der Waals surface area (Å²) in [5, 5.41) is 11.3. The minimum Gasteiger partial charge on any atom is -0.399 e. The summed E-state index contributed by atoms with van der Waals surface area (Å²) < 4.78 is 16.5. The predicted octanol–water partition coefficient (Wildman–Crippen LogP) is 3.96. The Morgan fingerprint density at radius 2 is 2.00 bits per heavy atom. The van der Waals surface area contributed by atoms with Gasteiger partial charge in [0.1, 0.15) is 11.6 Å². The summed E-state index contributed by atoms with van der Waals surface area (Å²) in [4.78, 5) is 12.4. The van der Waals surface area contributed by atoms with Crippen LogP contribution in [0.2, 0.25) is 0 Å². The molecule has 1 aliphatic heterocycles. The Morgan fingerprint density at radius 3 is 2.86 bits per heavy atom. The molecule has 0 aliphatic carbocycles. The van der Waals surface area contributed by atoms with E-state index in [-0.39, 0.29) is 11.7 Å². The van der Waals surface area contributed by atoms with Crippen LogP contribution in [-0.4, -0.2) is 20.7 Å². The van der Waals surface area contributed by atoms with Gasteiger partial charge in [-0.05, 0) is 49.1 Å². The fraction of sp³-hybridized carbons (Fsp3) is 0.318. The maximum atomic E-state index is 14.5. The molecule has 0 spiro atoms. The van der Waals surface area contributed by atoms with Crippen LogP contribution in [0.25, 0.3) is 11.4 Å². The summed E-state index contributed by atoms with van der Waals surface area (Å²) in [6.45, 7) is 0.784. The van der Waals surface area contributed by atoms with Crippen molar-refractivity contribution < 1.29 is 9.18 Å². The van der Waals surface area contributed by atoms with Crippen LogP contribution < -0.4 is 11.1 Å². The van der Waals surface area contributed by atoms with Crippen molar-refractivity contribution in [1.82, 2.24) is 14.8 Å². The van der Waals surface area contributed by atoms with Gasteiger partial charge in [0.05, 0.1) is 5.56 Å². The molecule has 3 N–H and O–H groups in total. The normalized spacial score (nSPS) is 13.6. The molecule has 29 heavy (non-hydrogen) atoms. The van der Waals surface area contributed by atoms with Gasteiger partial charge in [-0.3, -0.25) is 4.79 Å². The van der Waals surface area contributed by atoms with E-state index >= 15 is 0 Å². The van der Waals surface area contributed by atoms with Gasteiger partial charge in [-0.15, -0.1) is 10.2 Å². The van der Waals surface area contributed by atoms with Crippen molar-refractivity contribution in [3.8, 4) is 11.4 Å². The fourth-order valence-corrected chi connectivity index (χ4v) is 3.69. The van der Waals surface area contributed by atoms with Crippen LogP contribution >= 0.6 is 0 Å². The zero-order valence-corrected chi connectivity index (χ0v) is 16.2. The van der Waals surface area contributed by atoms with E-state index in [1.807, 2.05) is 28.8 Å². The van der Waals surface area contributed by atoms with Crippen molar-refractivity contribution in [3.63, 3.8) is 0 Å². The van der Waals surface area contributed by atoms with Crippen LogP contribution in [0.1, 0.15) is 37.1 Å². The average molecular weight is 393 g/mol. The van der Waals surface area contributed by atoms with Gasteiger partial charge >= 0.3 is 0 Å². The SMILES string of the molecule is Nc1ccccc1CCC(=O)Nc1ccc(F)c(-c2nnc3n2CCCCC3)c1. The van der Waals surface area contributed by atoms with Crippen molar-refractivity contribution in [2.24, 2.45) is 0 Å². The minimum atomic E-state index is -0.375. The number of nitrogen functional groups attached to an aromatic ring is 1. The number of rotatable bonds is 5. The highest BCUT2D eigenvalue weighted by Crippen LogP contribution is 2.27. The first-order valence-electron chi connectivity index (χ1n) is 9.97. The third kappa shape index (κ3) is 4.29. The van der Waals surface area contributed by atoms with E-state index in [2.05, 4.69) is 15.5 Å². The summed E-state index contributed by atoms with van der Waals surface area (Å²) in [6, 6.07) is 12.1. The summed E-state index contributed by atoms with van der Waals surface area (Å²) >= 11 is 0. The second-order valence-corrected chi connectivity index (χ2v) is 7.34. The predicted molar refractivity (Wildman–Crippen MR) is 111 cm³/mol. The first-order valence-corrected chi connectivity index (χ1v) is 9.97. The molecular weight excluding hydrogens is 369 g/mol. The number of nitrogens with two attached hydrogens (primary N) is 1. The smallest absolute Gasteiger partial charge is 0.224 e. The van der Waals surface area contributed by atoms with Gasteiger partial charge in [-0.25, -0.2) is 4.39 Å². The lowest BCUT2D eigenvalue weighted by molar-refractivity contribution is -0.116. The number of carbonyl (C=O) groups excluding carboxylic acids is 1. The van der Waals surface area contributed by atoms with Gasteiger partial charge in [0, 0.05) is 30.8 Å². The van der Waals surface area contributed by atoms with Crippen LogP contribution in [-0.2, 0) is 24.2 Å². The highest BCUT2D eigenvalue weighted by Gasteiger charge is 2.19. The molecule has 0 saturated carbocycles. The first kappa shape index (κ1) is 19.1. The molecule has 2 heterocycles. The quantitative estimate of drug-likeness (QED) is 0.643. The first-order chi connectivity index (χ1) is 14.1. The minimum absolute atomic E-state index is 0.147. The standard InChI is InChI=1S/C22H24FN5O/c23-18-11-10-16(25-21(29)12-9-15-6-3-4-7-19(15)24)14-17(18)22-27-26-20-8-2-1-5-13-28(20)22/h3-4,6-7,10-11,14H,1-2,5,8-9,12-13,24H2,(H,25,29). The molecule has 2 aromatic carbocycles. The molecule has 1 amide bonds. The van der Waals surface area contributed by atoms with Crippen molar-refractivity contribution in [2.45, 2.75) is 45.1 Å². The number of amides is 1. The monoisotopic (exact) mass is 393 g/mol. The Morgan fingerprint density at radius 1 is 1.14 bits per heavy atom. The second-order valence-electron chi connectivity index (χ2n) is 7.34. The molecule has 0 unspecified atom stereocenters. The highest BCUT2D eigenvalue weighted by molar-refractivity contribution is 5.91. The molecule has 0 fully saturated rings. The Kier molecular flexibility index (Phi) is 5.55. The van der Waals surface area contributed by atoms with Crippen LogP contribution in [0.4, 0.5) is 15.8 Å². The number of nitrogens with zero attached hydrogens (tertiary/aromatic N) is 3. The van der Waals surface area contributed by atoms with Crippen LogP contribution in [0.3, 0.4) is 0 Å². The molecular formula is C22H24FN5O. The number of anilines is 2. The number of fused-ring (bicyclic) bond motifs is 1. The molecule has 1 aromatic heterocycles. The highest BCUT2D eigenvalue weighted by atomic mass is 19.1. The molecule has 3 aromatic rings. The Hall–Kier alpha value is -3.22. The lowest BCUT2D eigenvalue weighted by Crippen LogP contribution is -2.13. The molecule has 4 rings (SSSR count). The van der Waals surface area contributed by atoms with Crippen LogP contribution in [0.15, 0.2) is 42.5 Å². The lowest BCUT2D eigenvalue weighted by Gasteiger charge is -2.11. The maximum absolute atomic E-state index is 14.5. The number of hydrogen-bond donors (Lipinski definition) is 2. The number of benzene rings is 2. The zero-order valence-electron chi connectivity index (χ0n) is 16.2. The summed E-state index contributed by atoms with van der Waals surface area (Å²) in [5.74, 6) is 0.893. The molecule has 1 aliphatic rings. The van der Waals surface area contributed by atoms with Crippen molar-refractivity contribution in [1.29, 1.82) is 0 Å². The van der Waals surface area contributed by atoms with Gasteiger partial charge in [0.25, 0.3) is 0 Å². The fourth-order valence-electron chi connectivity index (χ4n) is 3.69. The summed E-state index contributed by atoms with van der Waals surface area (Å²) in [6.07, 6.45) is 4.92. The van der Waals surface area contributed by atoms with Crippen molar-refractivity contribution >= 4 is 17.3 Å². The zero-order chi connectivity index (χ0) is 20.2.